The van der Waals surface area contributed by atoms with Gasteiger partial charge in [0.15, 0.2) is 0 Å². The van der Waals surface area contributed by atoms with Crippen LogP contribution < -0.4 is 4.90 Å². The number of amides is 3. The highest BCUT2D eigenvalue weighted by Gasteiger charge is 2.62. The topological polar surface area (TPSA) is 66.9 Å². The van der Waals surface area contributed by atoms with Crippen molar-refractivity contribution < 1.29 is 19.1 Å². The molecule has 0 radical (unpaired) electrons. The maximum atomic E-state index is 12.6. The van der Waals surface area contributed by atoms with E-state index in [1.54, 1.807) is 24.3 Å². The first-order valence-corrected chi connectivity index (χ1v) is 9.60. The maximum Gasteiger partial charge on any atom is 0.332 e. The van der Waals surface area contributed by atoms with Gasteiger partial charge in [0.1, 0.15) is 19.2 Å². The number of rotatable bonds is 4. The number of hydrogen-bond donors (Lipinski definition) is 0. The smallest absolute Gasteiger partial charge is 0.332 e. The maximum absolute atomic E-state index is 12.6. The summed E-state index contributed by atoms with van der Waals surface area (Å²) in [6, 6.07) is 8.30. The molecule has 1 aromatic rings. The molecule has 1 saturated heterocycles. The Morgan fingerprint density at radius 2 is 1.89 bits per heavy atom. The van der Waals surface area contributed by atoms with Gasteiger partial charge in [0.25, 0.3) is 5.91 Å². The van der Waals surface area contributed by atoms with E-state index < -0.39 is 12.0 Å². The average molecular weight is 370 g/mol. The summed E-state index contributed by atoms with van der Waals surface area (Å²) >= 11 is 0. The number of para-hydroxylation sites is 1. The van der Waals surface area contributed by atoms with Gasteiger partial charge >= 0.3 is 12.0 Å². The number of benzene rings is 1. The lowest BCUT2D eigenvalue weighted by atomic mass is 9.70. The number of fused-ring (bicyclic) bond motifs is 2. The fourth-order valence-corrected chi connectivity index (χ4v) is 5.16. The van der Waals surface area contributed by atoms with E-state index in [2.05, 4.69) is 20.8 Å². The van der Waals surface area contributed by atoms with Gasteiger partial charge in [-0.25, -0.2) is 9.69 Å². The molecule has 6 heteroatoms. The van der Waals surface area contributed by atoms with Gasteiger partial charge < -0.3 is 9.64 Å². The van der Waals surface area contributed by atoms with Crippen LogP contribution in [0.25, 0.3) is 0 Å². The molecule has 2 saturated carbocycles. The lowest BCUT2D eigenvalue weighted by Crippen LogP contribution is -2.41. The lowest BCUT2D eigenvalue weighted by Gasteiger charge is -2.38. The second-order valence-electron chi connectivity index (χ2n) is 8.79. The second kappa shape index (κ2) is 6.08. The fourth-order valence-electron chi connectivity index (χ4n) is 5.16. The van der Waals surface area contributed by atoms with Crippen LogP contribution in [0.5, 0.6) is 0 Å². The number of carbonyl (C=O) groups excluding carboxylic acids is 3. The normalized spacial score (nSPS) is 31.7. The highest BCUT2D eigenvalue weighted by atomic mass is 16.5. The van der Waals surface area contributed by atoms with Crippen LogP contribution in [0.4, 0.5) is 10.5 Å². The van der Waals surface area contributed by atoms with E-state index in [-0.39, 0.29) is 35.9 Å². The molecular formula is C21H26N2O4. The van der Waals surface area contributed by atoms with Gasteiger partial charge in [0.2, 0.25) is 0 Å². The van der Waals surface area contributed by atoms with Crippen molar-refractivity contribution in [2.75, 3.05) is 18.0 Å². The van der Waals surface area contributed by atoms with Crippen LogP contribution in [0.2, 0.25) is 0 Å². The molecule has 1 aliphatic heterocycles. The van der Waals surface area contributed by atoms with Crippen molar-refractivity contribution in [2.45, 2.75) is 46.1 Å². The van der Waals surface area contributed by atoms with Gasteiger partial charge in [0, 0.05) is 5.41 Å². The molecular weight excluding hydrogens is 344 g/mol. The molecule has 3 amide bonds. The number of nitrogens with zero attached hydrogens (tertiary/aromatic N) is 2. The first-order valence-electron chi connectivity index (χ1n) is 9.60. The summed E-state index contributed by atoms with van der Waals surface area (Å²) in [6.45, 7) is 6.45. The van der Waals surface area contributed by atoms with E-state index >= 15 is 0 Å². The number of hydrogen-bond acceptors (Lipinski definition) is 4. The number of esters is 1. The molecule has 6 nitrogen and oxygen atoms in total. The number of imide groups is 1. The summed E-state index contributed by atoms with van der Waals surface area (Å²) in [5.74, 6) is -0.184. The summed E-state index contributed by atoms with van der Waals surface area (Å²) < 4.78 is 5.81. The molecule has 1 heterocycles. The van der Waals surface area contributed by atoms with Crippen molar-refractivity contribution in [2.24, 2.45) is 16.7 Å². The minimum absolute atomic E-state index is 0.0196. The summed E-state index contributed by atoms with van der Waals surface area (Å²) in [6.07, 6.45) is 3.02. The second-order valence-corrected chi connectivity index (χ2v) is 8.79. The van der Waals surface area contributed by atoms with Crippen molar-refractivity contribution in [1.29, 1.82) is 0 Å². The Morgan fingerprint density at radius 1 is 1.19 bits per heavy atom. The zero-order chi connectivity index (χ0) is 19.4. The number of anilines is 1. The van der Waals surface area contributed by atoms with Gasteiger partial charge in [0.05, 0.1) is 5.69 Å². The molecule has 0 unspecified atom stereocenters. The van der Waals surface area contributed by atoms with E-state index in [1.165, 1.54) is 11.3 Å². The SMILES string of the molecule is CC1(C)[C@H]2CC[C@@]1(C)[C@@H](OC(=O)CN1CC(=O)N(c3ccccc3)C1=O)C2. The van der Waals surface area contributed by atoms with Crippen LogP contribution in [-0.4, -0.2) is 42.0 Å². The van der Waals surface area contributed by atoms with E-state index in [1.807, 2.05) is 6.07 Å². The average Bonchev–Trinajstić information content (AvgIpc) is 3.09. The van der Waals surface area contributed by atoms with Gasteiger partial charge in [-0.3, -0.25) is 9.59 Å². The molecule has 3 atom stereocenters. The Hall–Kier alpha value is -2.37. The van der Waals surface area contributed by atoms with Crippen LogP contribution in [0.15, 0.2) is 30.3 Å². The molecule has 0 spiro atoms. The molecule has 0 aromatic heterocycles. The molecule has 3 aliphatic rings. The van der Waals surface area contributed by atoms with E-state index in [9.17, 15) is 14.4 Å². The van der Waals surface area contributed by atoms with Crippen LogP contribution >= 0.6 is 0 Å². The number of carbonyl (C=O) groups is 3. The quantitative estimate of drug-likeness (QED) is 0.603. The molecule has 27 heavy (non-hydrogen) atoms. The number of ether oxygens (including phenoxy) is 1. The summed E-state index contributed by atoms with van der Waals surface area (Å²) in [5.41, 5.74) is 0.654. The van der Waals surface area contributed by atoms with Gasteiger partial charge in [-0.15, -0.1) is 0 Å². The summed E-state index contributed by atoms with van der Waals surface area (Å²) in [4.78, 5) is 39.8. The van der Waals surface area contributed by atoms with Crippen LogP contribution in [0.3, 0.4) is 0 Å². The highest BCUT2D eigenvalue weighted by Crippen LogP contribution is 2.66. The van der Waals surface area contributed by atoms with Crippen molar-refractivity contribution in [3.63, 3.8) is 0 Å². The first-order chi connectivity index (χ1) is 12.7. The fraction of sp³-hybridized carbons (Fsp3) is 0.571. The molecule has 4 rings (SSSR count). The van der Waals surface area contributed by atoms with Crippen molar-refractivity contribution in [1.82, 2.24) is 4.90 Å². The van der Waals surface area contributed by atoms with Gasteiger partial charge in [-0.05, 0) is 42.7 Å². The highest BCUT2D eigenvalue weighted by molar-refractivity contribution is 6.20. The van der Waals surface area contributed by atoms with E-state index in [4.69, 9.17) is 4.74 Å². The predicted molar refractivity (Wildman–Crippen MR) is 100 cm³/mol. The zero-order valence-corrected chi connectivity index (χ0v) is 16.1. The molecule has 2 bridgehead atoms. The Kier molecular flexibility index (Phi) is 4.05. The van der Waals surface area contributed by atoms with Crippen molar-refractivity contribution in [3.8, 4) is 0 Å². The largest absolute Gasteiger partial charge is 0.460 e. The number of urea groups is 1. The third kappa shape index (κ3) is 2.65. The van der Waals surface area contributed by atoms with Crippen molar-refractivity contribution >= 4 is 23.6 Å². The minimum atomic E-state index is -0.470. The van der Waals surface area contributed by atoms with Gasteiger partial charge in [-0.1, -0.05) is 39.0 Å². The third-order valence-corrected chi connectivity index (χ3v) is 7.36. The lowest BCUT2D eigenvalue weighted by molar-refractivity contribution is -0.157. The van der Waals surface area contributed by atoms with Crippen LogP contribution in [0.1, 0.15) is 40.0 Å². The van der Waals surface area contributed by atoms with Crippen molar-refractivity contribution in [3.05, 3.63) is 30.3 Å². The minimum Gasteiger partial charge on any atom is -0.460 e. The standard InChI is InChI=1S/C21H26N2O4/c1-20(2)14-9-10-21(20,3)16(11-14)27-18(25)13-22-12-17(24)23(19(22)26)15-7-5-4-6-8-15/h4-8,14,16H,9-13H2,1-3H3/t14-,16-,21-/m0/s1. The first kappa shape index (κ1) is 18.0. The van der Waals surface area contributed by atoms with E-state index in [0.29, 0.717) is 11.6 Å². The Morgan fingerprint density at radius 3 is 2.48 bits per heavy atom. The summed E-state index contributed by atoms with van der Waals surface area (Å²) in [7, 11) is 0. The monoisotopic (exact) mass is 370 g/mol. The Labute approximate surface area is 159 Å². The molecule has 3 fully saturated rings. The predicted octanol–water partition coefficient (Wildman–Crippen LogP) is 3.21. The van der Waals surface area contributed by atoms with Crippen LogP contribution in [-0.2, 0) is 14.3 Å². The Balaban J connectivity index is 1.41. The summed E-state index contributed by atoms with van der Waals surface area (Å²) in [5, 5.41) is 0. The Bertz CT molecular complexity index is 791. The third-order valence-electron chi connectivity index (χ3n) is 7.36. The van der Waals surface area contributed by atoms with Crippen LogP contribution in [0, 0.1) is 16.7 Å². The molecule has 1 aromatic carbocycles. The molecule has 0 N–H and O–H groups in total. The van der Waals surface area contributed by atoms with E-state index in [0.717, 1.165) is 17.7 Å². The zero-order valence-electron chi connectivity index (χ0n) is 16.1. The van der Waals surface area contributed by atoms with Gasteiger partial charge in [-0.2, -0.15) is 0 Å². The molecule has 144 valence electrons. The molecule has 2 aliphatic carbocycles.